The van der Waals surface area contributed by atoms with Crippen LogP contribution < -0.4 is 11.1 Å². The van der Waals surface area contributed by atoms with Gasteiger partial charge < -0.3 is 11.1 Å². The molecule has 0 bridgehead atoms. The lowest BCUT2D eigenvalue weighted by atomic mass is 10.1. The highest BCUT2D eigenvalue weighted by Gasteiger charge is 1.96. The number of hydrogen-bond donors (Lipinski definition) is 2. The summed E-state index contributed by atoms with van der Waals surface area (Å²) < 4.78 is 0. The number of pyridine rings is 1. The van der Waals surface area contributed by atoms with Crippen LogP contribution in [0, 0.1) is 11.3 Å². The van der Waals surface area contributed by atoms with Crippen molar-refractivity contribution in [2.45, 2.75) is 6.54 Å². The summed E-state index contributed by atoms with van der Waals surface area (Å²) in [4.78, 5) is 4.14. The first-order valence-corrected chi connectivity index (χ1v) is 5.22. The molecule has 1 aromatic heterocycles. The van der Waals surface area contributed by atoms with E-state index in [1.165, 1.54) is 0 Å². The monoisotopic (exact) mass is 224 g/mol. The van der Waals surface area contributed by atoms with E-state index < -0.39 is 0 Å². The van der Waals surface area contributed by atoms with Crippen LogP contribution in [-0.4, -0.2) is 4.98 Å². The molecule has 3 N–H and O–H groups in total. The van der Waals surface area contributed by atoms with E-state index >= 15 is 0 Å². The van der Waals surface area contributed by atoms with Crippen molar-refractivity contribution >= 4 is 11.5 Å². The number of hydrogen-bond acceptors (Lipinski definition) is 4. The van der Waals surface area contributed by atoms with Crippen molar-refractivity contribution < 1.29 is 0 Å². The maximum Gasteiger partial charge on any atom is 0.128 e. The molecule has 0 amide bonds. The Labute approximate surface area is 99.7 Å². The largest absolute Gasteiger partial charge is 0.399 e. The summed E-state index contributed by atoms with van der Waals surface area (Å²) in [6.07, 6.45) is 1.66. The van der Waals surface area contributed by atoms with E-state index in [1.54, 1.807) is 30.5 Å². The minimum absolute atomic E-state index is 0.655. The Hall–Kier alpha value is -2.54. The van der Waals surface area contributed by atoms with E-state index in [-0.39, 0.29) is 0 Å². The molecule has 0 spiro atoms. The van der Waals surface area contributed by atoms with Gasteiger partial charge in [0.1, 0.15) is 5.82 Å². The number of rotatable bonds is 3. The lowest BCUT2D eigenvalue weighted by Gasteiger charge is -2.06. The molecule has 0 aliphatic carbocycles. The number of aromatic nitrogens is 1. The number of nitrogens with two attached hydrogens (primary N) is 1. The molecule has 4 nitrogen and oxygen atoms in total. The Kier molecular flexibility index (Phi) is 3.22. The highest BCUT2D eigenvalue weighted by atomic mass is 15.0. The molecule has 0 aliphatic heterocycles. The molecule has 1 aromatic carbocycles. The van der Waals surface area contributed by atoms with Gasteiger partial charge >= 0.3 is 0 Å². The zero-order valence-electron chi connectivity index (χ0n) is 9.22. The molecule has 0 radical (unpaired) electrons. The SMILES string of the molecule is N#Cc1ccc(CNc2cc(N)ccn2)cc1. The molecule has 0 saturated heterocycles. The third kappa shape index (κ3) is 2.95. The van der Waals surface area contributed by atoms with Crippen molar-refractivity contribution in [2.75, 3.05) is 11.1 Å². The quantitative estimate of drug-likeness (QED) is 0.837. The van der Waals surface area contributed by atoms with Crippen LogP contribution in [0.25, 0.3) is 0 Å². The Balaban J connectivity index is 2.00. The highest BCUT2D eigenvalue weighted by molar-refractivity contribution is 5.48. The van der Waals surface area contributed by atoms with Crippen LogP contribution in [-0.2, 0) is 6.54 Å². The fourth-order valence-electron chi connectivity index (χ4n) is 1.43. The average molecular weight is 224 g/mol. The molecule has 4 heteroatoms. The van der Waals surface area contributed by atoms with Gasteiger partial charge in [-0.25, -0.2) is 4.98 Å². The van der Waals surface area contributed by atoms with Crippen LogP contribution in [0.15, 0.2) is 42.6 Å². The lowest BCUT2D eigenvalue weighted by Crippen LogP contribution is -2.01. The Morgan fingerprint density at radius 2 is 2.00 bits per heavy atom. The van der Waals surface area contributed by atoms with Crippen LogP contribution in [0.3, 0.4) is 0 Å². The van der Waals surface area contributed by atoms with Crippen LogP contribution in [0.4, 0.5) is 11.5 Å². The van der Waals surface area contributed by atoms with Crippen molar-refractivity contribution in [3.63, 3.8) is 0 Å². The number of benzene rings is 1. The van der Waals surface area contributed by atoms with Gasteiger partial charge in [0, 0.05) is 24.5 Å². The normalized spacial score (nSPS) is 9.59. The summed E-state index contributed by atoms with van der Waals surface area (Å²) >= 11 is 0. The number of nitrogens with zero attached hydrogens (tertiary/aromatic N) is 2. The highest BCUT2D eigenvalue weighted by Crippen LogP contribution is 2.10. The van der Waals surface area contributed by atoms with Crippen molar-refractivity contribution in [3.05, 3.63) is 53.7 Å². The summed E-state index contributed by atoms with van der Waals surface area (Å²) in [7, 11) is 0. The van der Waals surface area contributed by atoms with Crippen LogP contribution in [0.1, 0.15) is 11.1 Å². The fourth-order valence-corrected chi connectivity index (χ4v) is 1.43. The number of nitrogen functional groups attached to an aromatic ring is 1. The molecule has 0 fully saturated rings. The lowest BCUT2D eigenvalue weighted by molar-refractivity contribution is 1.11. The summed E-state index contributed by atoms with van der Waals surface area (Å²) in [6, 6.07) is 13.0. The molecular formula is C13H12N4. The van der Waals surface area contributed by atoms with Crippen molar-refractivity contribution in [3.8, 4) is 6.07 Å². The van der Waals surface area contributed by atoms with Crippen LogP contribution in [0.5, 0.6) is 0 Å². The van der Waals surface area contributed by atoms with Gasteiger partial charge in [0.2, 0.25) is 0 Å². The molecule has 2 rings (SSSR count). The molecule has 0 unspecified atom stereocenters. The first-order chi connectivity index (χ1) is 8.28. The van der Waals surface area contributed by atoms with Gasteiger partial charge in [-0.15, -0.1) is 0 Å². The second kappa shape index (κ2) is 4.99. The predicted octanol–water partition coefficient (Wildman–Crippen LogP) is 2.15. The van der Waals surface area contributed by atoms with Gasteiger partial charge in [0.15, 0.2) is 0 Å². The first-order valence-electron chi connectivity index (χ1n) is 5.22. The maximum atomic E-state index is 8.68. The maximum absolute atomic E-state index is 8.68. The number of nitriles is 1. The van der Waals surface area contributed by atoms with Crippen LogP contribution in [0.2, 0.25) is 0 Å². The van der Waals surface area contributed by atoms with E-state index in [0.29, 0.717) is 17.8 Å². The predicted molar refractivity (Wildman–Crippen MR) is 67.1 cm³/mol. The van der Waals surface area contributed by atoms with Gasteiger partial charge in [0.05, 0.1) is 11.6 Å². The van der Waals surface area contributed by atoms with Gasteiger partial charge in [-0.2, -0.15) is 5.26 Å². The van der Waals surface area contributed by atoms with E-state index in [1.807, 2.05) is 12.1 Å². The molecule has 1 heterocycles. The van der Waals surface area contributed by atoms with Crippen LogP contribution >= 0.6 is 0 Å². The zero-order chi connectivity index (χ0) is 12.1. The summed E-state index contributed by atoms with van der Waals surface area (Å²) in [5.41, 5.74) is 8.09. The number of nitrogens with one attached hydrogen (secondary N) is 1. The molecule has 0 aliphatic rings. The van der Waals surface area contributed by atoms with E-state index in [4.69, 9.17) is 11.0 Å². The van der Waals surface area contributed by atoms with Gasteiger partial charge in [0.25, 0.3) is 0 Å². The van der Waals surface area contributed by atoms with Crippen molar-refractivity contribution in [1.29, 1.82) is 5.26 Å². The molecule has 0 atom stereocenters. The molecule has 17 heavy (non-hydrogen) atoms. The average Bonchev–Trinajstić information content (AvgIpc) is 2.37. The first kappa shape index (κ1) is 11.0. The van der Waals surface area contributed by atoms with E-state index in [2.05, 4.69) is 16.4 Å². The number of anilines is 2. The smallest absolute Gasteiger partial charge is 0.128 e. The summed E-state index contributed by atoms with van der Waals surface area (Å²) in [5, 5.41) is 11.8. The second-order valence-electron chi connectivity index (χ2n) is 3.64. The van der Waals surface area contributed by atoms with Crippen molar-refractivity contribution in [2.24, 2.45) is 0 Å². The third-order valence-corrected chi connectivity index (χ3v) is 2.34. The second-order valence-corrected chi connectivity index (χ2v) is 3.64. The summed E-state index contributed by atoms with van der Waals surface area (Å²) in [5.74, 6) is 0.745. The third-order valence-electron chi connectivity index (χ3n) is 2.34. The minimum atomic E-state index is 0.655. The Morgan fingerprint density at radius 3 is 2.65 bits per heavy atom. The molecule has 0 saturated carbocycles. The van der Waals surface area contributed by atoms with Gasteiger partial charge in [-0.05, 0) is 23.8 Å². The van der Waals surface area contributed by atoms with E-state index in [9.17, 15) is 0 Å². The molecular weight excluding hydrogens is 212 g/mol. The summed E-state index contributed by atoms with van der Waals surface area (Å²) in [6.45, 7) is 0.655. The topological polar surface area (TPSA) is 74.7 Å². The van der Waals surface area contributed by atoms with Crippen molar-refractivity contribution in [1.82, 2.24) is 4.98 Å². The van der Waals surface area contributed by atoms with E-state index in [0.717, 1.165) is 11.4 Å². The molecule has 84 valence electrons. The zero-order valence-corrected chi connectivity index (χ0v) is 9.22. The Bertz CT molecular complexity index is 540. The minimum Gasteiger partial charge on any atom is -0.399 e. The van der Waals surface area contributed by atoms with Gasteiger partial charge in [-0.3, -0.25) is 0 Å². The standard InChI is InChI=1S/C13H12N4/c14-8-10-1-3-11(4-2-10)9-17-13-7-12(15)5-6-16-13/h1-7H,9H2,(H3,15,16,17). The van der Waals surface area contributed by atoms with Gasteiger partial charge in [-0.1, -0.05) is 12.1 Å². The fraction of sp³-hybridized carbons (Fsp3) is 0.0769. The Morgan fingerprint density at radius 1 is 1.24 bits per heavy atom. The molecule has 2 aromatic rings.